The van der Waals surface area contributed by atoms with Crippen molar-refractivity contribution in [3.8, 4) is 0 Å². The van der Waals surface area contributed by atoms with Gasteiger partial charge >= 0.3 is 0 Å². The number of hydrogen-bond donors (Lipinski definition) is 0. The zero-order chi connectivity index (χ0) is 23.2. The second-order valence-electron chi connectivity index (χ2n) is 7.96. The Morgan fingerprint density at radius 3 is 2.38 bits per heavy atom. The monoisotopic (exact) mass is 468 g/mol. The number of benzene rings is 2. The van der Waals surface area contributed by atoms with Gasteiger partial charge in [0, 0.05) is 18.6 Å². The van der Waals surface area contributed by atoms with Crippen LogP contribution in [0.15, 0.2) is 46.9 Å². The van der Waals surface area contributed by atoms with Crippen LogP contribution in [0.25, 0.3) is 11.0 Å². The number of anilines is 2. The summed E-state index contributed by atoms with van der Waals surface area (Å²) < 4.78 is 26.4. The molecule has 0 radical (unpaired) electrons. The Morgan fingerprint density at radius 2 is 1.75 bits per heavy atom. The SMILES string of the molecule is CC(=O)N(c1nc(Cn2c(S(C)(=O)=O)nc3ccccc32)cs1)c1c(C)cc(C)cc1C. The van der Waals surface area contributed by atoms with E-state index in [1.165, 1.54) is 18.3 Å². The standard InChI is InChI=1S/C23H24N4O3S2/c1-14-10-15(2)21(16(3)11-14)27(17(4)28)22-24-18(13-31-22)12-26-20-9-7-6-8-19(20)25-23(26)32(5,29)30/h6-11,13H,12H2,1-5H3. The average Bonchev–Trinajstić information content (AvgIpc) is 3.29. The van der Waals surface area contributed by atoms with Crippen LogP contribution in [0.4, 0.5) is 10.8 Å². The van der Waals surface area contributed by atoms with E-state index < -0.39 is 9.84 Å². The van der Waals surface area contributed by atoms with Gasteiger partial charge in [0.25, 0.3) is 0 Å². The van der Waals surface area contributed by atoms with Gasteiger partial charge in [-0.2, -0.15) is 0 Å². The number of amides is 1. The van der Waals surface area contributed by atoms with Crippen LogP contribution in [0.5, 0.6) is 0 Å². The third kappa shape index (κ3) is 4.05. The molecule has 0 saturated heterocycles. The Labute approximate surface area is 191 Å². The summed E-state index contributed by atoms with van der Waals surface area (Å²) in [6.07, 6.45) is 1.15. The maximum atomic E-state index is 12.6. The van der Waals surface area contributed by atoms with Gasteiger partial charge in [-0.15, -0.1) is 11.3 Å². The Hall–Kier alpha value is -3.04. The highest BCUT2D eigenvalue weighted by Crippen LogP contribution is 2.35. The van der Waals surface area contributed by atoms with Crippen molar-refractivity contribution >= 4 is 48.9 Å². The van der Waals surface area contributed by atoms with Crippen molar-refractivity contribution in [3.05, 3.63) is 64.2 Å². The van der Waals surface area contributed by atoms with Gasteiger partial charge in [0.05, 0.1) is 29.0 Å². The molecule has 0 atom stereocenters. The quantitative estimate of drug-likeness (QED) is 0.429. The molecular weight excluding hydrogens is 444 g/mol. The number of hydrogen-bond acceptors (Lipinski definition) is 6. The number of aryl methyl sites for hydroxylation is 3. The van der Waals surface area contributed by atoms with Crippen molar-refractivity contribution in [2.75, 3.05) is 11.2 Å². The van der Waals surface area contributed by atoms with Gasteiger partial charge < -0.3 is 4.57 Å². The minimum Gasteiger partial charge on any atom is -0.309 e. The third-order valence-electron chi connectivity index (χ3n) is 5.18. The molecule has 166 valence electrons. The summed E-state index contributed by atoms with van der Waals surface area (Å²) >= 11 is 1.35. The third-order valence-corrected chi connectivity index (χ3v) is 7.03. The Kier molecular flexibility index (Phi) is 5.64. The number of aromatic nitrogens is 3. The molecule has 0 N–H and O–H groups in total. The molecule has 0 unspecified atom stereocenters. The Bertz CT molecular complexity index is 1430. The first-order chi connectivity index (χ1) is 15.1. The lowest BCUT2D eigenvalue weighted by Gasteiger charge is -2.23. The molecule has 0 fully saturated rings. The average molecular weight is 469 g/mol. The number of para-hydroxylation sites is 2. The smallest absolute Gasteiger partial charge is 0.230 e. The maximum Gasteiger partial charge on any atom is 0.230 e. The van der Waals surface area contributed by atoms with E-state index in [0.29, 0.717) is 16.3 Å². The molecule has 32 heavy (non-hydrogen) atoms. The summed E-state index contributed by atoms with van der Waals surface area (Å²) in [5, 5.41) is 2.40. The molecule has 4 rings (SSSR count). The van der Waals surface area contributed by atoms with E-state index in [-0.39, 0.29) is 17.6 Å². The normalized spacial score (nSPS) is 11.8. The molecule has 0 aliphatic rings. The van der Waals surface area contributed by atoms with Crippen molar-refractivity contribution in [1.29, 1.82) is 0 Å². The highest BCUT2D eigenvalue weighted by molar-refractivity contribution is 7.90. The molecule has 7 nitrogen and oxygen atoms in total. The number of sulfone groups is 1. The molecular formula is C23H24N4O3S2. The first-order valence-electron chi connectivity index (χ1n) is 10.0. The summed E-state index contributed by atoms with van der Waals surface area (Å²) in [6.45, 7) is 7.74. The van der Waals surface area contributed by atoms with Crippen molar-refractivity contribution < 1.29 is 13.2 Å². The molecule has 0 bridgehead atoms. The fourth-order valence-electron chi connectivity index (χ4n) is 4.04. The maximum absolute atomic E-state index is 12.6. The van der Waals surface area contributed by atoms with Crippen molar-refractivity contribution in [2.24, 2.45) is 0 Å². The zero-order valence-electron chi connectivity index (χ0n) is 18.6. The predicted molar refractivity (Wildman–Crippen MR) is 128 cm³/mol. The lowest BCUT2D eigenvalue weighted by molar-refractivity contribution is -0.115. The molecule has 0 aliphatic carbocycles. The lowest BCUT2D eigenvalue weighted by Crippen LogP contribution is -2.24. The summed E-state index contributed by atoms with van der Waals surface area (Å²) in [4.78, 5) is 23.3. The van der Waals surface area contributed by atoms with Gasteiger partial charge in [-0.1, -0.05) is 29.8 Å². The van der Waals surface area contributed by atoms with Gasteiger partial charge in [0.15, 0.2) is 5.13 Å². The van der Waals surface area contributed by atoms with Crippen molar-refractivity contribution in [1.82, 2.24) is 14.5 Å². The number of fused-ring (bicyclic) bond motifs is 1. The molecule has 9 heteroatoms. The predicted octanol–water partition coefficient (Wildman–Crippen LogP) is 4.55. The first kappa shape index (κ1) is 22.2. The second kappa shape index (κ2) is 8.14. The van der Waals surface area contributed by atoms with Crippen LogP contribution < -0.4 is 4.90 Å². The van der Waals surface area contributed by atoms with E-state index >= 15 is 0 Å². The van der Waals surface area contributed by atoms with E-state index in [9.17, 15) is 13.2 Å². The van der Waals surface area contributed by atoms with Gasteiger partial charge in [0.1, 0.15) is 0 Å². The number of imidazole rings is 1. The van der Waals surface area contributed by atoms with Crippen LogP contribution in [0.3, 0.4) is 0 Å². The Morgan fingerprint density at radius 1 is 1.09 bits per heavy atom. The minimum absolute atomic E-state index is 0.00176. The van der Waals surface area contributed by atoms with E-state index in [1.54, 1.807) is 15.5 Å². The van der Waals surface area contributed by atoms with Crippen LogP contribution in [-0.2, 0) is 21.2 Å². The number of carbonyl (C=O) groups excluding carboxylic acids is 1. The fraction of sp³-hybridized carbons (Fsp3) is 0.261. The van der Waals surface area contributed by atoms with Crippen LogP contribution in [-0.4, -0.2) is 35.1 Å². The van der Waals surface area contributed by atoms with Crippen LogP contribution in [0, 0.1) is 20.8 Å². The highest BCUT2D eigenvalue weighted by atomic mass is 32.2. The van der Waals surface area contributed by atoms with E-state index in [4.69, 9.17) is 4.98 Å². The second-order valence-corrected chi connectivity index (χ2v) is 10.7. The highest BCUT2D eigenvalue weighted by Gasteiger charge is 2.24. The number of thiazole rings is 1. The van der Waals surface area contributed by atoms with E-state index in [0.717, 1.165) is 34.2 Å². The Balaban J connectivity index is 1.78. The number of carbonyl (C=O) groups is 1. The van der Waals surface area contributed by atoms with E-state index in [2.05, 4.69) is 4.98 Å². The first-order valence-corrected chi connectivity index (χ1v) is 12.8. The molecule has 2 aromatic heterocycles. The minimum atomic E-state index is -3.53. The molecule has 0 saturated carbocycles. The summed E-state index contributed by atoms with van der Waals surface area (Å²) in [5.74, 6) is -0.133. The van der Waals surface area contributed by atoms with Gasteiger partial charge in [-0.3, -0.25) is 9.69 Å². The number of rotatable bonds is 5. The summed E-state index contributed by atoms with van der Waals surface area (Å²) in [6, 6.07) is 11.4. The van der Waals surface area contributed by atoms with Gasteiger partial charge in [-0.25, -0.2) is 18.4 Å². The molecule has 4 aromatic rings. The molecule has 0 spiro atoms. The summed E-state index contributed by atoms with van der Waals surface area (Å²) in [5.41, 5.74) is 5.94. The molecule has 0 aliphatic heterocycles. The van der Waals surface area contributed by atoms with Gasteiger partial charge in [-0.05, 0) is 44.0 Å². The van der Waals surface area contributed by atoms with E-state index in [1.807, 2.05) is 56.5 Å². The van der Waals surface area contributed by atoms with Crippen LogP contribution in [0.2, 0.25) is 0 Å². The summed E-state index contributed by atoms with van der Waals surface area (Å²) in [7, 11) is -3.53. The fourth-order valence-corrected chi connectivity index (χ4v) is 5.73. The van der Waals surface area contributed by atoms with Gasteiger partial charge in [0.2, 0.25) is 20.9 Å². The number of nitrogens with zero attached hydrogens (tertiary/aromatic N) is 4. The molecule has 2 aromatic carbocycles. The largest absolute Gasteiger partial charge is 0.309 e. The van der Waals surface area contributed by atoms with Crippen molar-refractivity contribution in [2.45, 2.75) is 39.4 Å². The van der Waals surface area contributed by atoms with Crippen molar-refractivity contribution in [3.63, 3.8) is 0 Å². The lowest BCUT2D eigenvalue weighted by atomic mass is 10.0. The van der Waals surface area contributed by atoms with Crippen LogP contribution in [0.1, 0.15) is 29.3 Å². The zero-order valence-corrected chi connectivity index (χ0v) is 20.2. The topological polar surface area (TPSA) is 85.2 Å². The molecule has 2 heterocycles. The van der Waals surface area contributed by atoms with Crippen LogP contribution >= 0.6 is 11.3 Å². The molecule has 1 amide bonds.